The maximum absolute atomic E-state index is 13.5. The van der Waals surface area contributed by atoms with Crippen LogP contribution in [0.2, 0.25) is 0 Å². The van der Waals surface area contributed by atoms with Gasteiger partial charge in [-0.1, -0.05) is 19.1 Å². The van der Waals surface area contributed by atoms with Crippen LogP contribution in [-0.2, 0) is 11.2 Å². The molecular formula is C18H16F2O3. The average molecular weight is 318 g/mol. The van der Waals surface area contributed by atoms with Gasteiger partial charge in [-0.2, -0.15) is 0 Å². The van der Waals surface area contributed by atoms with Gasteiger partial charge >= 0.3 is 5.97 Å². The summed E-state index contributed by atoms with van der Waals surface area (Å²) in [4.78, 5) is 11.5. The molecule has 0 N–H and O–H groups in total. The minimum absolute atomic E-state index is 0.00510. The van der Waals surface area contributed by atoms with E-state index < -0.39 is 11.6 Å². The summed E-state index contributed by atoms with van der Waals surface area (Å²) >= 11 is 0. The lowest BCUT2D eigenvalue weighted by Crippen LogP contribution is -2.18. The molecule has 3 rings (SSSR count). The molecule has 1 aliphatic heterocycles. The van der Waals surface area contributed by atoms with Gasteiger partial charge in [0.15, 0.2) is 0 Å². The van der Waals surface area contributed by atoms with Crippen molar-refractivity contribution in [2.45, 2.75) is 25.7 Å². The summed E-state index contributed by atoms with van der Waals surface area (Å²) in [6.07, 6.45) is 0.478. The van der Waals surface area contributed by atoms with Crippen LogP contribution in [-0.4, -0.2) is 12.6 Å². The molecule has 0 bridgehead atoms. The van der Waals surface area contributed by atoms with Crippen molar-refractivity contribution in [3.63, 3.8) is 0 Å². The molecule has 0 fully saturated rings. The van der Waals surface area contributed by atoms with Crippen molar-refractivity contribution < 1.29 is 23.0 Å². The van der Waals surface area contributed by atoms with Crippen LogP contribution in [0, 0.1) is 11.6 Å². The molecule has 2 aromatic rings. The maximum atomic E-state index is 13.5. The van der Waals surface area contributed by atoms with E-state index in [1.165, 1.54) is 18.2 Å². The quantitative estimate of drug-likeness (QED) is 0.631. The van der Waals surface area contributed by atoms with Gasteiger partial charge in [0, 0.05) is 18.1 Å². The van der Waals surface area contributed by atoms with Gasteiger partial charge in [0.25, 0.3) is 0 Å². The molecule has 2 aromatic carbocycles. The number of esters is 1. The molecule has 23 heavy (non-hydrogen) atoms. The van der Waals surface area contributed by atoms with Gasteiger partial charge in [0.1, 0.15) is 23.1 Å². The fourth-order valence-corrected chi connectivity index (χ4v) is 2.67. The minimum atomic E-state index is -0.582. The van der Waals surface area contributed by atoms with Crippen LogP contribution >= 0.6 is 0 Å². The zero-order valence-corrected chi connectivity index (χ0v) is 12.6. The first kappa shape index (κ1) is 15.5. The fraction of sp³-hybridized carbons (Fsp3) is 0.278. The Balaban J connectivity index is 1.68. The number of carbonyl (C=O) groups excluding carboxylic acids is 1. The number of rotatable bonds is 4. The molecular weight excluding hydrogens is 302 g/mol. The third-order valence-corrected chi connectivity index (χ3v) is 3.90. The van der Waals surface area contributed by atoms with Crippen LogP contribution in [0.15, 0.2) is 36.4 Å². The van der Waals surface area contributed by atoms with E-state index in [1.807, 2.05) is 13.0 Å². The Labute approximate surface area is 132 Å². The van der Waals surface area contributed by atoms with E-state index in [-0.39, 0.29) is 30.5 Å². The van der Waals surface area contributed by atoms with Crippen LogP contribution in [0.25, 0.3) is 0 Å². The predicted octanol–water partition coefficient (Wildman–Crippen LogP) is 4.00. The second kappa shape index (κ2) is 6.36. The molecule has 1 heterocycles. The molecule has 5 heteroatoms. The number of hydrogen-bond acceptors (Lipinski definition) is 3. The molecule has 0 saturated carbocycles. The molecule has 0 aromatic heterocycles. The van der Waals surface area contributed by atoms with Gasteiger partial charge < -0.3 is 9.47 Å². The number of fused-ring (bicyclic) bond motifs is 1. The van der Waals surface area contributed by atoms with E-state index in [0.29, 0.717) is 17.9 Å². The number of halogens is 2. The zero-order chi connectivity index (χ0) is 16.4. The third-order valence-electron chi connectivity index (χ3n) is 3.90. The Bertz CT molecular complexity index is 723. The number of carbonyl (C=O) groups is 1. The first-order valence-corrected chi connectivity index (χ1v) is 7.45. The van der Waals surface area contributed by atoms with E-state index in [4.69, 9.17) is 9.47 Å². The summed E-state index contributed by atoms with van der Waals surface area (Å²) in [5.41, 5.74) is 0.961. The summed E-state index contributed by atoms with van der Waals surface area (Å²) < 4.78 is 37.8. The second-order valence-electron chi connectivity index (χ2n) is 5.58. The van der Waals surface area contributed by atoms with Crippen molar-refractivity contribution in [2.24, 2.45) is 0 Å². The summed E-state index contributed by atoms with van der Waals surface area (Å²) in [7, 11) is 0. The van der Waals surface area contributed by atoms with Crippen molar-refractivity contribution >= 4 is 5.97 Å². The second-order valence-corrected chi connectivity index (χ2v) is 5.58. The van der Waals surface area contributed by atoms with Crippen molar-refractivity contribution in [3.05, 3.63) is 59.2 Å². The highest BCUT2D eigenvalue weighted by atomic mass is 19.1. The topological polar surface area (TPSA) is 35.5 Å². The van der Waals surface area contributed by atoms with Gasteiger partial charge in [-0.05, 0) is 29.7 Å². The Morgan fingerprint density at radius 2 is 1.96 bits per heavy atom. The van der Waals surface area contributed by atoms with Crippen molar-refractivity contribution in [2.75, 3.05) is 6.61 Å². The van der Waals surface area contributed by atoms with Gasteiger partial charge in [-0.3, -0.25) is 4.79 Å². The lowest BCUT2D eigenvalue weighted by Gasteiger charge is -2.21. The molecule has 0 saturated heterocycles. The largest absolute Gasteiger partial charge is 0.493 e. The van der Waals surface area contributed by atoms with Crippen LogP contribution < -0.4 is 9.47 Å². The highest BCUT2D eigenvalue weighted by Gasteiger charge is 2.24. The Morgan fingerprint density at radius 3 is 2.70 bits per heavy atom. The minimum Gasteiger partial charge on any atom is -0.493 e. The molecule has 1 atom stereocenters. The number of ether oxygens (including phenoxy) is 2. The Kier molecular flexibility index (Phi) is 4.28. The smallest absolute Gasteiger partial charge is 0.311 e. The van der Waals surface area contributed by atoms with Crippen LogP contribution in [0.1, 0.15) is 30.4 Å². The number of benzene rings is 2. The van der Waals surface area contributed by atoms with E-state index in [0.717, 1.165) is 5.56 Å². The summed E-state index contributed by atoms with van der Waals surface area (Å²) in [6.45, 7) is 2.08. The monoisotopic (exact) mass is 318 g/mol. The van der Waals surface area contributed by atoms with Crippen LogP contribution in [0.4, 0.5) is 8.78 Å². The van der Waals surface area contributed by atoms with Crippen molar-refractivity contribution in [1.82, 2.24) is 0 Å². The number of hydrogen-bond donors (Lipinski definition) is 0. The summed E-state index contributed by atoms with van der Waals surface area (Å²) in [5.74, 6) is -0.335. The first-order chi connectivity index (χ1) is 11.0. The normalized spacial score (nSPS) is 16.7. The van der Waals surface area contributed by atoms with E-state index in [9.17, 15) is 13.6 Å². The first-order valence-electron chi connectivity index (χ1n) is 7.45. The summed E-state index contributed by atoms with van der Waals surface area (Å²) in [6, 6.07) is 9.03. The Hall–Kier alpha value is -2.43. The van der Waals surface area contributed by atoms with E-state index >= 15 is 0 Å². The van der Waals surface area contributed by atoms with E-state index in [1.54, 1.807) is 12.1 Å². The molecule has 3 nitrogen and oxygen atoms in total. The van der Waals surface area contributed by atoms with Gasteiger partial charge in [0.2, 0.25) is 0 Å². The van der Waals surface area contributed by atoms with Gasteiger partial charge in [-0.25, -0.2) is 8.78 Å². The molecule has 0 radical (unpaired) electrons. The van der Waals surface area contributed by atoms with Crippen molar-refractivity contribution in [1.29, 1.82) is 0 Å². The molecule has 0 spiro atoms. The van der Waals surface area contributed by atoms with Gasteiger partial charge in [-0.15, -0.1) is 0 Å². The SMILES string of the molecule is CC1CC(=O)Oc2cc(OCCc3c(F)cccc3F)ccc21. The highest BCUT2D eigenvalue weighted by Crippen LogP contribution is 2.36. The Morgan fingerprint density at radius 1 is 1.22 bits per heavy atom. The lowest BCUT2D eigenvalue weighted by atomic mass is 9.95. The molecule has 0 aliphatic carbocycles. The maximum Gasteiger partial charge on any atom is 0.311 e. The lowest BCUT2D eigenvalue weighted by molar-refractivity contribution is -0.135. The highest BCUT2D eigenvalue weighted by molar-refractivity contribution is 5.76. The standard InChI is InChI=1S/C18H16F2O3/c1-11-9-18(21)23-17-10-12(5-6-13(11)17)22-8-7-14-15(19)3-2-4-16(14)20/h2-6,10-11H,7-9H2,1H3. The van der Waals surface area contributed by atoms with Crippen molar-refractivity contribution in [3.8, 4) is 11.5 Å². The predicted molar refractivity (Wildman–Crippen MR) is 80.7 cm³/mol. The van der Waals surface area contributed by atoms with Gasteiger partial charge in [0.05, 0.1) is 13.0 Å². The van der Waals surface area contributed by atoms with E-state index in [2.05, 4.69) is 0 Å². The van der Waals surface area contributed by atoms with Crippen LogP contribution in [0.5, 0.6) is 11.5 Å². The molecule has 120 valence electrons. The molecule has 1 unspecified atom stereocenters. The molecule has 0 amide bonds. The average Bonchev–Trinajstić information content (AvgIpc) is 2.49. The fourth-order valence-electron chi connectivity index (χ4n) is 2.67. The third kappa shape index (κ3) is 3.33. The summed E-state index contributed by atoms with van der Waals surface area (Å²) in [5, 5.41) is 0. The zero-order valence-electron chi connectivity index (χ0n) is 12.6. The molecule has 1 aliphatic rings. The van der Waals surface area contributed by atoms with Crippen LogP contribution in [0.3, 0.4) is 0 Å².